The molecule has 0 aliphatic carbocycles. The molecule has 0 saturated heterocycles. The lowest BCUT2D eigenvalue weighted by molar-refractivity contribution is -0.137. The largest absolute Gasteiger partial charge is 0.416 e. The van der Waals surface area contributed by atoms with E-state index in [0.29, 0.717) is 11.3 Å². The third kappa shape index (κ3) is 3.02. The number of hydrogen-bond donors (Lipinski definition) is 0. The zero-order valence-corrected chi connectivity index (χ0v) is 14.4. The molecule has 0 saturated carbocycles. The molecule has 26 heavy (non-hydrogen) atoms. The van der Waals surface area contributed by atoms with Gasteiger partial charge in [0.25, 0.3) is 5.56 Å². The predicted octanol–water partition coefficient (Wildman–Crippen LogP) is 2.78. The zero-order chi connectivity index (χ0) is 19.2. The van der Waals surface area contributed by atoms with E-state index in [1.165, 1.54) is 23.7 Å². The van der Waals surface area contributed by atoms with Gasteiger partial charge >= 0.3 is 11.9 Å². The first-order chi connectivity index (χ1) is 12.1. The van der Waals surface area contributed by atoms with Crippen molar-refractivity contribution in [2.75, 3.05) is 0 Å². The number of benzene rings is 1. The van der Waals surface area contributed by atoms with Gasteiger partial charge in [-0.05, 0) is 43.2 Å². The topological polar surface area (TPSA) is 56.9 Å². The monoisotopic (exact) mass is 363 g/mol. The second kappa shape index (κ2) is 6.12. The number of nitrogens with zero attached hydrogens (tertiary/aromatic N) is 3. The minimum absolute atomic E-state index is 0.219. The lowest BCUT2D eigenvalue weighted by Crippen LogP contribution is -2.40. The van der Waals surface area contributed by atoms with Crippen LogP contribution in [0.1, 0.15) is 22.4 Å². The summed E-state index contributed by atoms with van der Waals surface area (Å²) >= 11 is 0. The number of aryl methyl sites for hydroxylation is 3. The molecular formula is C18H16F3N3O2. The number of hydrogen-bond acceptors (Lipinski definition) is 3. The lowest BCUT2D eigenvalue weighted by atomic mass is 10.1. The van der Waals surface area contributed by atoms with E-state index in [1.807, 2.05) is 0 Å². The highest BCUT2D eigenvalue weighted by molar-refractivity contribution is 5.78. The average molecular weight is 363 g/mol. The van der Waals surface area contributed by atoms with E-state index >= 15 is 0 Å². The zero-order valence-electron chi connectivity index (χ0n) is 14.4. The van der Waals surface area contributed by atoms with Gasteiger partial charge in [0.1, 0.15) is 5.65 Å². The van der Waals surface area contributed by atoms with E-state index in [-0.39, 0.29) is 23.1 Å². The second-order valence-electron chi connectivity index (χ2n) is 6.21. The van der Waals surface area contributed by atoms with Crippen molar-refractivity contribution in [3.8, 4) is 0 Å². The predicted molar refractivity (Wildman–Crippen MR) is 91.3 cm³/mol. The van der Waals surface area contributed by atoms with Crippen LogP contribution in [0.15, 0.2) is 39.9 Å². The Labute approximate surface area is 146 Å². The Morgan fingerprint density at radius 3 is 2.46 bits per heavy atom. The van der Waals surface area contributed by atoms with Crippen LogP contribution >= 0.6 is 0 Å². The molecule has 0 unspecified atom stereocenters. The molecule has 3 rings (SSSR count). The number of fused-ring (bicyclic) bond motifs is 1. The molecule has 0 radical (unpaired) electrons. The fourth-order valence-electron chi connectivity index (χ4n) is 2.99. The quantitative estimate of drug-likeness (QED) is 0.704. The van der Waals surface area contributed by atoms with Gasteiger partial charge in [0, 0.05) is 12.7 Å². The summed E-state index contributed by atoms with van der Waals surface area (Å²) < 4.78 is 40.8. The summed E-state index contributed by atoms with van der Waals surface area (Å²) in [5, 5.41) is 0.282. The van der Waals surface area contributed by atoms with Crippen molar-refractivity contribution in [2.24, 2.45) is 7.05 Å². The second-order valence-corrected chi connectivity index (χ2v) is 6.21. The summed E-state index contributed by atoms with van der Waals surface area (Å²) in [5.74, 6) is 0. The standard InChI is InChI=1S/C18H16F3N3O2/c1-10-7-11(2)22-15-14(10)16(25)24(17(26)23(15)3)9-12-5-4-6-13(8-12)18(19,20)21/h4-8H,9H2,1-3H3. The van der Waals surface area contributed by atoms with Crippen LogP contribution in [-0.2, 0) is 19.8 Å². The molecule has 2 aromatic heterocycles. The highest BCUT2D eigenvalue weighted by Crippen LogP contribution is 2.29. The van der Waals surface area contributed by atoms with Crippen molar-refractivity contribution in [3.63, 3.8) is 0 Å². The first-order valence-corrected chi connectivity index (χ1v) is 7.83. The normalized spacial score (nSPS) is 11.9. The summed E-state index contributed by atoms with van der Waals surface area (Å²) in [7, 11) is 1.48. The van der Waals surface area contributed by atoms with Crippen LogP contribution in [0.5, 0.6) is 0 Å². The molecule has 136 valence electrons. The minimum Gasteiger partial charge on any atom is -0.280 e. The molecule has 3 aromatic rings. The number of halogens is 3. The van der Waals surface area contributed by atoms with E-state index in [4.69, 9.17) is 0 Å². The van der Waals surface area contributed by atoms with Crippen LogP contribution in [-0.4, -0.2) is 14.1 Å². The average Bonchev–Trinajstić information content (AvgIpc) is 2.55. The Kier molecular flexibility index (Phi) is 4.21. The lowest BCUT2D eigenvalue weighted by Gasteiger charge is -2.13. The van der Waals surface area contributed by atoms with Crippen LogP contribution < -0.4 is 11.2 Å². The molecule has 0 aliphatic rings. The van der Waals surface area contributed by atoms with Crippen LogP contribution in [0.25, 0.3) is 11.0 Å². The SMILES string of the molecule is Cc1cc(C)c2c(=O)n(Cc3cccc(C(F)(F)F)c3)c(=O)n(C)c2n1. The Hall–Kier alpha value is -2.90. The molecule has 2 heterocycles. The van der Waals surface area contributed by atoms with Crippen molar-refractivity contribution in [2.45, 2.75) is 26.6 Å². The van der Waals surface area contributed by atoms with Gasteiger partial charge in [-0.2, -0.15) is 13.2 Å². The molecule has 0 bridgehead atoms. The molecule has 0 atom stereocenters. The molecule has 8 heteroatoms. The van der Waals surface area contributed by atoms with E-state index in [1.54, 1.807) is 19.9 Å². The molecular weight excluding hydrogens is 347 g/mol. The van der Waals surface area contributed by atoms with Gasteiger partial charge in [0.15, 0.2) is 0 Å². The van der Waals surface area contributed by atoms with Gasteiger partial charge in [-0.25, -0.2) is 9.78 Å². The Morgan fingerprint density at radius 1 is 1.12 bits per heavy atom. The van der Waals surface area contributed by atoms with Crippen molar-refractivity contribution in [3.05, 3.63) is 73.6 Å². The van der Waals surface area contributed by atoms with Gasteiger partial charge < -0.3 is 0 Å². The van der Waals surface area contributed by atoms with Crippen LogP contribution in [0, 0.1) is 13.8 Å². The third-order valence-electron chi connectivity index (χ3n) is 4.22. The van der Waals surface area contributed by atoms with Crippen LogP contribution in [0.3, 0.4) is 0 Å². The molecule has 0 fully saturated rings. The fourth-order valence-corrected chi connectivity index (χ4v) is 2.99. The molecule has 0 spiro atoms. The minimum atomic E-state index is -4.49. The summed E-state index contributed by atoms with van der Waals surface area (Å²) in [6.07, 6.45) is -4.49. The number of alkyl halides is 3. The first-order valence-electron chi connectivity index (χ1n) is 7.83. The van der Waals surface area contributed by atoms with Crippen LogP contribution in [0.2, 0.25) is 0 Å². The van der Waals surface area contributed by atoms with Crippen molar-refractivity contribution >= 4 is 11.0 Å². The maximum atomic E-state index is 12.9. The number of rotatable bonds is 2. The molecule has 0 N–H and O–H groups in total. The summed E-state index contributed by atoms with van der Waals surface area (Å²) in [5.41, 5.74) is -0.211. The number of aromatic nitrogens is 3. The van der Waals surface area contributed by atoms with Gasteiger partial charge in [-0.3, -0.25) is 13.9 Å². The van der Waals surface area contributed by atoms with E-state index in [9.17, 15) is 22.8 Å². The molecule has 5 nitrogen and oxygen atoms in total. The Morgan fingerprint density at radius 2 is 1.81 bits per heavy atom. The van der Waals surface area contributed by atoms with Crippen molar-refractivity contribution < 1.29 is 13.2 Å². The molecule has 0 amide bonds. The van der Waals surface area contributed by atoms with Crippen LogP contribution in [0.4, 0.5) is 13.2 Å². The molecule has 0 aliphatic heterocycles. The van der Waals surface area contributed by atoms with Crippen molar-refractivity contribution in [1.82, 2.24) is 14.1 Å². The third-order valence-corrected chi connectivity index (χ3v) is 4.22. The van der Waals surface area contributed by atoms with E-state index in [2.05, 4.69) is 4.98 Å². The number of pyridine rings is 1. The van der Waals surface area contributed by atoms with Gasteiger partial charge in [-0.15, -0.1) is 0 Å². The Bertz CT molecular complexity index is 1130. The maximum absolute atomic E-state index is 12.9. The van der Waals surface area contributed by atoms with E-state index in [0.717, 1.165) is 16.7 Å². The van der Waals surface area contributed by atoms with Gasteiger partial charge in [0.05, 0.1) is 17.5 Å². The fraction of sp³-hybridized carbons (Fsp3) is 0.278. The Balaban J connectivity index is 2.21. The van der Waals surface area contributed by atoms with Crippen molar-refractivity contribution in [1.29, 1.82) is 0 Å². The molecule has 1 aromatic carbocycles. The first kappa shape index (κ1) is 17.9. The summed E-state index contributed by atoms with van der Waals surface area (Å²) in [6, 6.07) is 6.32. The summed E-state index contributed by atoms with van der Waals surface area (Å²) in [4.78, 5) is 29.6. The van der Waals surface area contributed by atoms with Gasteiger partial charge in [-0.1, -0.05) is 12.1 Å². The van der Waals surface area contributed by atoms with E-state index < -0.39 is 23.0 Å². The maximum Gasteiger partial charge on any atom is 0.416 e. The highest BCUT2D eigenvalue weighted by atomic mass is 19.4. The smallest absolute Gasteiger partial charge is 0.280 e. The van der Waals surface area contributed by atoms with Gasteiger partial charge in [0.2, 0.25) is 0 Å². The highest BCUT2D eigenvalue weighted by Gasteiger charge is 2.30. The summed E-state index contributed by atoms with van der Waals surface area (Å²) in [6.45, 7) is 3.24.